The SMILES string of the molecule is CCCOCCCNC(=O)C(=O)N1CCCNCC1. The maximum Gasteiger partial charge on any atom is 0.311 e. The molecule has 0 bridgehead atoms. The molecule has 0 radical (unpaired) electrons. The third-order valence-corrected chi connectivity index (χ3v) is 2.92. The van der Waals surface area contributed by atoms with Crippen LogP contribution in [-0.2, 0) is 14.3 Å². The molecule has 1 heterocycles. The largest absolute Gasteiger partial charge is 0.381 e. The number of ether oxygens (including phenoxy) is 1. The van der Waals surface area contributed by atoms with Gasteiger partial charge in [-0.25, -0.2) is 0 Å². The van der Waals surface area contributed by atoms with E-state index in [1.54, 1.807) is 4.90 Å². The van der Waals surface area contributed by atoms with Crippen molar-refractivity contribution in [2.45, 2.75) is 26.2 Å². The topological polar surface area (TPSA) is 70.7 Å². The zero-order valence-corrected chi connectivity index (χ0v) is 11.7. The minimum Gasteiger partial charge on any atom is -0.381 e. The van der Waals surface area contributed by atoms with Crippen molar-refractivity contribution in [2.24, 2.45) is 0 Å². The Balaban J connectivity index is 2.15. The summed E-state index contributed by atoms with van der Waals surface area (Å²) in [6, 6.07) is 0. The normalized spacial score (nSPS) is 15.9. The molecule has 0 atom stereocenters. The molecular weight excluding hydrogens is 246 g/mol. The monoisotopic (exact) mass is 271 g/mol. The third-order valence-electron chi connectivity index (χ3n) is 2.92. The van der Waals surface area contributed by atoms with Crippen LogP contribution in [0.5, 0.6) is 0 Å². The van der Waals surface area contributed by atoms with Crippen molar-refractivity contribution >= 4 is 11.8 Å². The van der Waals surface area contributed by atoms with Crippen LogP contribution >= 0.6 is 0 Å². The van der Waals surface area contributed by atoms with E-state index in [0.29, 0.717) is 26.2 Å². The number of nitrogens with zero attached hydrogens (tertiary/aromatic N) is 1. The molecule has 1 aliphatic heterocycles. The Morgan fingerprint density at radius 3 is 2.89 bits per heavy atom. The van der Waals surface area contributed by atoms with E-state index in [1.165, 1.54) is 0 Å². The van der Waals surface area contributed by atoms with Gasteiger partial charge in [-0.2, -0.15) is 0 Å². The number of rotatable bonds is 6. The van der Waals surface area contributed by atoms with Crippen molar-refractivity contribution in [3.63, 3.8) is 0 Å². The molecule has 0 aromatic rings. The number of hydrogen-bond acceptors (Lipinski definition) is 4. The maximum absolute atomic E-state index is 11.9. The first kappa shape index (κ1) is 15.9. The molecule has 0 spiro atoms. The first-order valence-electron chi connectivity index (χ1n) is 7.11. The van der Waals surface area contributed by atoms with Crippen molar-refractivity contribution in [1.29, 1.82) is 0 Å². The summed E-state index contributed by atoms with van der Waals surface area (Å²) in [5.41, 5.74) is 0. The van der Waals surface area contributed by atoms with Crippen molar-refractivity contribution in [2.75, 3.05) is 45.9 Å². The van der Waals surface area contributed by atoms with Crippen molar-refractivity contribution < 1.29 is 14.3 Å². The summed E-state index contributed by atoms with van der Waals surface area (Å²) in [5, 5.41) is 5.85. The van der Waals surface area contributed by atoms with Crippen LogP contribution in [0.3, 0.4) is 0 Å². The third kappa shape index (κ3) is 6.54. The van der Waals surface area contributed by atoms with Crippen LogP contribution in [0.15, 0.2) is 0 Å². The number of nitrogens with one attached hydrogen (secondary N) is 2. The number of carbonyl (C=O) groups is 2. The Hall–Kier alpha value is -1.14. The van der Waals surface area contributed by atoms with Crippen molar-refractivity contribution in [1.82, 2.24) is 15.5 Å². The van der Waals surface area contributed by atoms with E-state index in [2.05, 4.69) is 17.6 Å². The molecule has 1 aliphatic rings. The first-order valence-corrected chi connectivity index (χ1v) is 7.11. The Labute approximate surface area is 114 Å². The second-order valence-electron chi connectivity index (χ2n) is 4.62. The quantitative estimate of drug-likeness (QED) is 0.516. The smallest absolute Gasteiger partial charge is 0.311 e. The molecule has 2 amide bonds. The predicted octanol–water partition coefficient (Wildman–Crippen LogP) is -0.259. The highest BCUT2D eigenvalue weighted by Crippen LogP contribution is 1.96. The summed E-state index contributed by atoms with van der Waals surface area (Å²) in [7, 11) is 0. The van der Waals surface area contributed by atoms with Crippen LogP contribution in [0.2, 0.25) is 0 Å². The van der Waals surface area contributed by atoms with Crippen molar-refractivity contribution in [3.8, 4) is 0 Å². The lowest BCUT2D eigenvalue weighted by atomic mass is 10.3. The Morgan fingerprint density at radius 2 is 2.11 bits per heavy atom. The average Bonchev–Trinajstić information content (AvgIpc) is 2.70. The minimum absolute atomic E-state index is 0.418. The van der Waals surface area contributed by atoms with Gasteiger partial charge < -0.3 is 20.3 Å². The summed E-state index contributed by atoms with van der Waals surface area (Å²) in [6.45, 7) is 6.81. The molecule has 0 aromatic heterocycles. The van der Waals surface area contributed by atoms with Gasteiger partial charge in [-0.05, 0) is 25.8 Å². The first-order chi connectivity index (χ1) is 9.25. The number of amides is 2. The minimum atomic E-state index is -0.502. The van der Waals surface area contributed by atoms with E-state index in [4.69, 9.17) is 4.74 Å². The molecule has 1 fully saturated rings. The molecule has 0 saturated carbocycles. The van der Waals surface area contributed by atoms with E-state index in [9.17, 15) is 9.59 Å². The molecule has 0 aromatic carbocycles. The van der Waals surface area contributed by atoms with Gasteiger partial charge in [0.2, 0.25) is 0 Å². The second-order valence-corrected chi connectivity index (χ2v) is 4.62. The van der Waals surface area contributed by atoms with Crippen LogP contribution in [0, 0.1) is 0 Å². The van der Waals surface area contributed by atoms with Crippen molar-refractivity contribution in [3.05, 3.63) is 0 Å². The number of carbonyl (C=O) groups excluding carboxylic acids is 2. The summed E-state index contributed by atoms with van der Waals surface area (Å²) in [6.07, 6.45) is 2.62. The van der Waals surface area contributed by atoms with Gasteiger partial charge in [-0.1, -0.05) is 6.92 Å². The van der Waals surface area contributed by atoms with Gasteiger partial charge >= 0.3 is 11.8 Å². The Bertz CT molecular complexity index is 276. The molecule has 110 valence electrons. The maximum atomic E-state index is 11.9. The fourth-order valence-electron chi connectivity index (χ4n) is 1.89. The molecule has 0 aliphatic carbocycles. The van der Waals surface area contributed by atoms with E-state index in [1.807, 2.05) is 0 Å². The highest BCUT2D eigenvalue weighted by Gasteiger charge is 2.21. The summed E-state index contributed by atoms with van der Waals surface area (Å²) >= 11 is 0. The number of hydrogen-bond donors (Lipinski definition) is 2. The van der Waals surface area contributed by atoms with E-state index >= 15 is 0 Å². The van der Waals surface area contributed by atoms with Gasteiger partial charge in [-0.3, -0.25) is 9.59 Å². The highest BCUT2D eigenvalue weighted by atomic mass is 16.5. The van der Waals surface area contributed by atoms with Crippen LogP contribution in [0.25, 0.3) is 0 Å². The molecule has 6 heteroatoms. The Morgan fingerprint density at radius 1 is 1.26 bits per heavy atom. The zero-order valence-electron chi connectivity index (χ0n) is 11.7. The van der Waals surface area contributed by atoms with Gasteiger partial charge in [-0.15, -0.1) is 0 Å². The second kappa shape index (κ2) is 9.75. The molecule has 1 rings (SSSR count). The lowest BCUT2D eigenvalue weighted by Crippen LogP contribution is -2.44. The fraction of sp³-hybridized carbons (Fsp3) is 0.846. The fourth-order valence-corrected chi connectivity index (χ4v) is 1.89. The molecule has 6 nitrogen and oxygen atoms in total. The van der Waals surface area contributed by atoms with Gasteiger partial charge in [0.05, 0.1) is 0 Å². The lowest BCUT2D eigenvalue weighted by molar-refractivity contribution is -0.145. The Kier molecular flexibility index (Phi) is 8.16. The summed E-state index contributed by atoms with van der Waals surface area (Å²) in [5.74, 6) is -0.921. The van der Waals surface area contributed by atoms with Crippen LogP contribution in [-0.4, -0.2) is 62.7 Å². The lowest BCUT2D eigenvalue weighted by Gasteiger charge is -2.19. The van der Waals surface area contributed by atoms with Crippen LogP contribution < -0.4 is 10.6 Å². The van der Waals surface area contributed by atoms with Gasteiger partial charge in [0, 0.05) is 39.4 Å². The van der Waals surface area contributed by atoms with Gasteiger partial charge in [0.15, 0.2) is 0 Å². The summed E-state index contributed by atoms with van der Waals surface area (Å²) < 4.78 is 5.30. The van der Waals surface area contributed by atoms with E-state index in [-0.39, 0.29) is 0 Å². The standard InChI is InChI=1S/C13H25N3O3/c1-2-10-19-11-4-6-15-12(17)13(18)16-8-3-5-14-7-9-16/h14H,2-11H2,1H3,(H,15,17). The molecule has 1 saturated heterocycles. The van der Waals surface area contributed by atoms with Gasteiger partial charge in [0.25, 0.3) is 0 Å². The predicted molar refractivity (Wildman–Crippen MR) is 72.8 cm³/mol. The molecule has 0 unspecified atom stereocenters. The van der Waals surface area contributed by atoms with E-state index in [0.717, 1.165) is 39.0 Å². The van der Waals surface area contributed by atoms with E-state index < -0.39 is 11.8 Å². The average molecular weight is 271 g/mol. The summed E-state index contributed by atoms with van der Waals surface area (Å²) in [4.78, 5) is 25.2. The van der Waals surface area contributed by atoms with Gasteiger partial charge in [0.1, 0.15) is 0 Å². The zero-order chi connectivity index (χ0) is 13.9. The van der Waals surface area contributed by atoms with Crippen LogP contribution in [0.1, 0.15) is 26.2 Å². The molecule has 19 heavy (non-hydrogen) atoms. The molecular formula is C13H25N3O3. The van der Waals surface area contributed by atoms with Crippen LogP contribution in [0.4, 0.5) is 0 Å². The highest BCUT2D eigenvalue weighted by molar-refractivity contribution is 6.35. The molecule has 2 N–H and O–H groups in total.